The average molecular weight is 257 g/mol. The Kier molecular flexibility index (Phi) is 4.32. The Morgan fingerprint density at radius 3 is 2.50 bits per heavy atom. The first kappa shape index (κ1) is 14.5. The number of amides is 1. The van der Waals surface area contributed by atoms with Crippen LogP contribution in [0.15, 0.2) is 0 Å². The number of aliphatic carboxylic acids is 1. The van der Waals surface area contributed by atoms with Crippen molar-refractivity contribution in [3.8, 4) is 0 Å². The highest BCUT2D eigenvalue weighted by molar-refractivity contribution is 5.89. The molecule has 6 heteroatoms. The van der Waals surface area contributed by atoms with Crippen LogP contribution in [0.2, 0.25) is 0 Å². The Morgan fingerprint density at radius 2 is 2.00 bits per heavy atom. The smallest absolute Gasteiger partial charge is 0.408 e. The van der Waals surface area contributed by atoms with Gasteiger partial charge in [0.2, 0.25) is 0 Å². The Bertz CT molecular complexity index is 358. The zero-order chi connectivity index (χ0) is 13.9. The van der Waals surface area contributed by atoms with Gasteiger partial charge in [0.25, 0.3) is 0 Å². The predicted molar refractivity (Wildman–Crippen MR) is 63.1 cm³/mol. The molecule has 1 amide bonds. The highest BCUT2D eigenvalue weighted by atomic mass is 16.6. The molecule has 6 nitrogen and oxygen atoms in total. The molecule has 0 radical (unpaired) electrons. The number of carbonyl (C=O) groups is 3. The largest absolute Gasteiger partial charge is 0.481 e. The number of nitrogens with one attached hydrogen (secondary N) is 1. The number of hydrogen-bond donors (Lipinski definition) is 2. The number of hydrogen-bond acceptors (Lipinski definition) is 4. The number of Topliss-reactive ketones (excluding diaryl/α,β-unsaturated/α-hetero) is 1. The number of alkyl carbamates (subject to hydrolysis) is 1. The first-order chi connectivity index (χ1) is 8.19. The topological polar surface area (TPSA) is 92.7 Å². The third-order valence-corrected chi connectivity index (χ3v) is 2.69. The van der Waals surface area contributed by atoms with Crippen molar-refractivity contribution < 1.29 is 24.2 Å². The lowest BCUT2D eigenvalue weighted by atomic mass is 9.85. The van der Waals surface area contributed by atoms with Gasteiger partial charge in [0.15, 0.2) is 5.78 Å². The number of ether oxygens (including phenoxy) is 1. The van der Waals surface area contributed by atoms with Gasteiger partial charge in [-0.3, -0.25) is 9.59 Å². The van der Waals surface area contributed by atoms with Gasteiger partial charge in [-0.05, 0) is 33.6 Å². The van der Waals surface area contributed by atoms with Crippen molar-refractivity contribution >= 4 is 17.8 Å². The van der Waals surface area contributed by atoms with E-state index in [1.807, 2.05) is 0 Å². The second-order valence-electron chi connectivity index (χ2n) is 5.47. The zero-order valence-corrected chi connectivity index (χ0v) is 10.9. The van der Waals surface area contributed by atoms with E-state index in [1.54, 1.807) is 20.8 Å². The van der Waals surface area contributed by atoms with Gasteiger partial charge < -0.3 is 15.2 Å². The van der Waals surface area contributed by atoms with Crippen molar-refractivity contribution in [3.63, 3.8) is 0 Å². The van der Waals surface area contributed by atoms with Crippen molar-refractivity contribution in [3.05, 3.63) is 0 Å². The lowest BCUT2D eigenvalue weighted by Crippen LogP contribution is -2.47. The molecular formula is C12H19NO5. The SMILES string of the molecule is CC(C)(C)OC(=O)NC1C[C@H](C(=O)O)CCC1=O. The highest BCUT2D eigenvalue weighted by Crippen LogP contribution is 2.22. The number of carboxylic acid groups (broad SMARTS) is 1. The molecule has 1 aliphatic carbocycles. The monoisotopic (exact) mass is 257 g/mol. The fourth-order valence-corrected chi connectivity index (χ4v) is 1.84. The molecule has 1 unspecified atom stereocenters. The molecule has 2 atom stereocenters. The molecule has 0 bridgehead atoms. The molecule has 1 saturated carbocycles. The Morgan fingerprint density at radius 1 is 1.39 bits per heavy atom. The van der Waals surface area contributed by atoms with Crippen LogP contribution < -0.4 is 5.32 Å². The van der Waals surface area contributed by atoms with E-state index in [-0.39, 0.29) is 18.6 Å². The van der Waals surface area contributed by atoms with E-state index in [2.05, 4.69) is 5.32 Å². The number of carbonyl (C=O) groups excluding carboxylic acids is 2. The molecule has 0 saturated heterocycles. The summed E-state index contributed by atoms with van der Waals surface area (Å²) in [5.41, 5.74) is -0.645. The van der Waals surface area contributed by atoms with Crippen LogP contribution in [0.5, 0.6) is 0 Å². The van der Waals surface area contributed by atoms with E-state index < -0.39 is 29.6 Å². The molecule has 1 rings (SSSR count). The van der Waals surface area contributed by atoms with Gasteiger partial charge in [0.05, 0.1) is 12.0 Å². The van der Waals surface area contributed by atoms with Gasteiger partial charge in [0.1, 0.15) is 5.60 Å². The molecular weight excluding hydrogens is 238 g/mol. The highest BCUT2D eigenvalue weighted by Gasteiger charge is 2.34. The zero-order valence-electron chi connectivity index (χ0n) is 10.9. The van der Waals surface area contributed by atoms with E-state index in [4.69, 9.17) is 9.84 Å². The summed E-state index contributed by atoms with van der Waals surface area (Å²) < 4.78 is 5.03. The van der Waals surface area contributed by atoms with Crippen molar-refractivity contribution in [2.24, 2.45) is 5.92 Å². The van der Waals surface area contributed by atoms with Crippen molar-refractivity contribution in [2.75, 3.05) is 0 Å². The maximum absolute atomic E-state index is 11.6. The molecule has 0 aromatic carbocycles. The minimum Gasteiger partial charge on any atom is -0.481 e. The summed E-state index contributed by atoms with van der Waals surface area (Å²) in [5.74, 6) is -1.65. The molecule has 2 N–H and O–H groups in total. The number of rotatable bonds is 2. The maximum atomic E-state index is 11.6. The second-order valence-corrected chi connectivity index (χ2v) is 5.47. The minimum absolute atomic E-state index is 0.132. The van der Waals surface area contributed by atoms with Crippen LogP contribution in [-0.2, 0) is 14.3 Å². The summed E-state index contributed by atoms with van der Waals surface area (Å²) in [6, 6.07) is -0.755. The van der Waals surface area contributed by atoms with Crippen LogP contribution in [0.4, 0.5) is 4.79 Å². The third-order valence-electron chi connectivity index (χ3n) is 2.69. The summed E-state index contributed by atoms with van der Waals surface area (Å²) in [7, 11) is 0. The molecule has 0 aromatic heterocycles. The second kappa shape index (κ2) is 5.37. The van der Waals surface area contributed by atoms with Crippen molar-refractivity contribution in [2.45, 2.75) is 51.7 Å². The summed E-state index contributed by atoms with van der Waals surface area (Å²) >= 11 is 0. The van der Waals surface area contributed by atoms with Crippen LogP contribution in [0, 0.1) is 5.92 Å². The van der Waals surface area contributed by atoms with Crippen LogP contribution in [0.25, 0.3) is 0 Å². The Labute approximate surface area is 106 Å². The van der Waals surface area contributed by atoms with E-state index in [0.29, 0.717) is 6.42 Å². The normalized spacial score (nSPS) is 24.5. The molecule has 0 heterocycles. The van der Waals surface area contributed by atoms with Crippen LogP contribution in [0.1, 0.15) is 40.0 Å². The van der Waals surface area contributed by atoms with Crippen LogP contribution >= 0.6 is 0 Å². The maximum Gasteiger partial charge on any atom is 0.408 e. The van der Waals surface area contributed by atoms with Gasteiger partial charge in [-0.15, -0.1) is 0 Å². The quantitative estimate of drug-likeness (QED) is 0.778. The number of ketones is 1. The molecule has 1 aliphatic rings. The molecule has 102 valence electrons. The summed E-state index contributed by atoms with van der Waals surface area (Å²) in [5, 5.41) is 11.3. The minimum atomic E-state index is -0.932. The van der Waals surface area contributed by atoms with E-state index in [0.717, 1.165) is 0 Å². The van der Waals surface area contributed by atoms with Gasteiger partial charge in [-0.1, -0.05) is 0 Å². The van der Waals surface area contributed by atoms with Crippen LogP contribution in [0.3, 0.4) is 0 Å². The van der Waals surface area contributed by atoms with Gasteiger partial charge in [-0.25, -0.2) is 4.79 Å². The standard InChI is InChI=1S/C12H19NO5/c1-12(2,3)18-11(17)13-8-6-7(10(15)16)4-5-9(8)14/h7-8H,4-6H2,1-3H3,(H,13,17)(H,15,16)/t7-,8?/m1/s1. The van der Waals surface area contributed by atoms with Crippen molar-refractivity contribution in [1.82, 2.24) is 5.32 Å². The van der Waals surface area contributed by atoms with Crippen LogP contribution in [-0.4, -0.2) is 34.6 Å². The average Bonchev–Trinajstić information content (AvgIpc) is 2.18. The predicted octanol–water partition coefficient (Wildman–Crippen LogP) is 1.33. The van der Waals surface area contributed by atoms with Crippen molar-refractivity contribution in [1.29, 1.82) is 0 Å². The molecule has 0 spiro atoms. The lowest BCUT2D eigenvalue weighted by Gasteiger charge is -2.27. The fraction of sp³-hybridized carbons (Fsp3) is 0.750. The van der Waals surface area contributed by atoms with E-state index >= 15 is 0 Å². The number of carboxylic acids is 1. The van der Waals surface area contributed by atoms with Gasteiger partial charge in [-0.2, -0.15) is 0 Å². The molecule has 0 aromatic rings. The first-order valence-corrected chi connectivity index (χ1v) is 5.94. The third kappa shape index (κ3) is 4.35. The molecule has 18 heavy (non-hydrogen) atoms. The molecule has 1 fully saturated rings. The lowest BCUT2D eigenvalue weighted by molar-refractivity contribution is -0.144. The summed E-state index contributed by atoms with van der Waals surface area (Å²) in [4.78, 5) is 34.0. The molecule has 0 aliphatic heterocycles. The van der Waals surface area contributed by atoms with Gasteiger partial charge in [0, 0.05) is 6.42 Å². The van der Waals surface area contributed by atoms with E-state index in [9.17, 15) is 14.4 Å². The van der Waals surface area contributed by atoms with E-state index in [1.165, 1.54) is 0 Å². The first-order valence-electron chi connectivity index (χ1n) is 5.94. The summed E-state index contributed by atoms with van der Waals surface area (Å²) in [6.07, 6.45) is -0.0437. The Hall–Kier alpha value is -1.59. The Balaban J connectivity index is 2.56. The summed E-state index contributed by atoms with van der Waals surface area (Å²) in [6.45, 7) is 5.15. The van der Waals surface area contributed by atoms with Gasteiger partial charge >= 0.3 is 12.1 Å². The fourth-order valence-electron chi connectivity index (χ4n) is 1.84.